The molecule has 1 saturated heterocycles. The summed E-state index contributed by atoms with van der Waals surface area (Å²) in [7, 11) is 0. The van der Waals surface area contributed by atoms with E-state index in [1.54, 1.807) is 39.8 Å². The highest BCUT2D eigenvalue weighted by Crippen LogP contribution is 2.31. The maximum atomic E-state index is 14.0. The summed E-state index contributed by atoms with van der Waals surface area (Å²) in [4.78, 5) is 41.6. The van der Waals surface area contributed by atoms with Gasteiger partial charge >= 0.3 is 5.97 Å². The zero-order chi connectivity index (χ0) is 28.9. The minimum Gasteiger partial charge on any atom is -0.489 e. The second-order valence-electron chi connectivity index (χ2n) is 11.5. The van der Waals surface area contributed by atoms with E-state index in [9.17, 15) is 14.4 Å². The SMILES string of the molecule is Cc1ccc(C(=O)NC2(Cc3ccc(OCc4ccccc4)cc3)CCN([C@@H](C)C(=O)OC(C)(C)C)C2=O)cc1. The van der Waals surface area contributed by atoms with Gasteiger partial charge in [0.25, 0.3) is 5.91 Å². The smallest absolute Gasteiger partial charge is 0.329 e. The summed E-state index contributed by atoms with van der Waals surface area (Å²) in [6.07, 6.45) is 0.642. The van der Waals surface area contributed by atoms with Crippen molar-refractivity contribution in [1.82, 2.24) is 10.2 Å². The zero-order valence-corrected chi connectivity index (χ0v) is 23.9. The molecule has 40 heavy (non-hydrogen) atoms. The molecule has 1 heterocycles. The maximum Gasteiger partial charge on any atom is 0.329 e. The van der Waals surface area contributed by atoms with E-state index >= 15 is 0 Å². The Morgan fingerprint density at radius 1 is 0.950 bits per heavy atom. The number of nitrogens with one attached hydrogen (secondary N) is 1. The number of carbonyl (C=O) groups is 3. The van der Waals surface area contributed by atoms with Crippen LogP contribution in [0.25, 0.3) is 0 Å². The first-order chi connectivity index (χ1) is 19.0. The Hall–Kier alpha value is -4.13. The molecule has 1 N–H and O–H groups in total. The van der Waals surface area contributed by atoms with Gasteiger partial charge < -0.3 is 19.7 Å². The van der Waals surface area contributed by atoms with Crippen LogP contribution >= 0.6 is 0 Å². The van der Waals surface area contributed by atoms with Crippen molar-refractivity contribution in [3.63, 3.8) is 0 Å². The molecule has 0 aromatic heterocycles. The lowest BCUT2D eigenvalue weighted by Crippen LogP contribution is -2.57. The summed E-state index contributed by atoms with van der Waals surface area (Å²) in [5, 5.41) is 3.05. The van der Waals surface area contributed by atoms with Gasteiger partial charge in [-0.05, 0) is 76.4 Å². The number of hydrogen-bond acceptors (Lipinski definition) is 5. The second-order valence-corrected chi connectivity index (χ2v) is 11.5. The summed E-state index contributed by atoms with van der Waals surface area (Å²) in [5.74, 6) is -0.386. The van der Waals surface area contributed by atoms with Crippen LogP contribution in [0.2, 0.25) is 0 Å². The summed E-state index contributed by atoms with van der Waals surface area (Å²) < 4.78 is 11.5. The summed E-state index contributed by atoms with van der Waals surface area (Å²) >= 11 is 0. The number of hydrogen-bond donors (Lipinski definition) is 1. The molecule has 7 heteroatoms. The van der Waals surface area contributed by atoms with Crippen LogP contribution in [0, 0.1) is 6.92 Å². The van der Waals surface area contributed by atoms with Crippen molar-refractivity contribution in [3.05, 3.63) is 101 Å². The molecule has 0 saturated carbocycles. The number of ether oxygens (including phenoxy) is 2. The van der Waals surface area contributed by atoms with E-state index in [0.717, 1.165) is 16.7 Å². The van der Waals surface area contributed by atoms with E-state index in [2.05, 4.69) is 5.32 Å². The van der Waals surface area contributed by atoms with Gasteiger partial charge in [-0.3, -0.25) is 9.59 Å². The molecule has 4 rings (SSSR count). The molecular weight excluding hydrogens is 504 g/mol. The monoisotopic (exact) mass is 542 g/mol. The predicted molar refractivity (Wildman–Crippen MR) is 154 cm³/mol. The third-order valence-corrected chi connectivity index (χ3v) is 7.01. The van der Waals surface area contributed by atoms with Gasteiger partial charge in [0.1, 0.15) is 29.5 Å². The van der Waals surface area contributed by atoms with Gasteiger partial charge in [-0.1, -0.05) is 60.2 Å². The molecule has 0 radical (unpaired) electrons. The first-order valence-corrected chi connectivity index (χ1v) is 13.6. The number of nitrogens with zero attached hydrogens (tertiary/aromatic N) is 1. The third-order valence-electron chi connectivity index (χ3n) is 7.01. The molecular formula is C33H38N2O5. The highest BCUT2D eigenvalue weighted by Gasteiger charge is 2.50. The van der Waals surface area contributed by atoms with Gasteiger partial charge in [0.05, 0.1) is 0 Å². The Morgan fingerprint density at radius 3 is 2.23 bits per heavy atom. The first-order valence-electron chi connectivity index (χ1n) is 13.6. The van der Waals surface area contributed by atoms with Crippen LogP contribution in [0.3, 0.4) is 0 Å². The quantitative estimate of drug-likeness (QED) is 0.374. The van der Waals surface area contributed by atoms with Crippen molar-refractivity contribution in [1.29, 1.82) is 0 Å². The van der Waals surface area contributed by atoms with Gasteiger partial charge in [0.15, 0.2) is 0 Å². The van der Waals surface area contributed by atoms with Gasteiger partial charge in [0.2, 0.25) is 5.91 Å². The number of rotatable bonds is 9. The standard InChI is InChI=1S/C33H38N2O5/c1-23-11-15-27(16-12-23)29(36)34-33(19-20-35(31(33)38)24(2)30(37)40-32(3,4)5)21-25-13-17-28(18-14-25)39-22-26-9-7-6-8-10-26/h6-18,24H,19-22H2,1-5H3,(H,34,36)/t24-,33?/m0/s1. The van der Waals surface area contributed by atoms with Gasteiger partial charge in [-0.25, -0.2) is 4.79 Å². The fraction of sp³-hybridized carbons (Fsp3) is 0.364. The number of benzene rings is 3. The average molecular weight is 543 g/mol. The van der Waals surface area contributed by atoms with Crippen molar-refractivity contribution in [3.8, 4) is 5.75 Å². The lowest BCUT2D eigenvalue weighted by molar-refractivity contribution is -0.163. The van der Waals surface area contributed by atoms with Crippen LogP contribution in [-0.2, 0) is 27.4 Å². The Balaban J connectivity index is 1.54. The largest absolute Gasteiger partial charge is 0.489 e. The van der Waals surface area contributed by atoms with Crippen molar-refractivity contribution >= 4 is 17.8 Å². The number of likely N-dealkylation sites (tertiary alicyclic amines) is 1. The van der Waals surface area contributed by atoms with E-state index in [1.807, 2.05) is 73.7 Å². The first kappa shape index (κ1) is 28.9. The minimum absolute atomic E-state index is 0.278. The highest BCUT2D eigenvalue weighted by molar-refractivity contribution is 6.01. The normalized spacial score (nSPS) is 17.8. The van der Waals surface area contributed by atoms with E-state index in [4.69, 9.17) is 9.47 Å². The summed E-state index contributed by atoms with van der Waals surface area (Å²) in [5.41, 5.74) is 1.58. The number of esters is 1. The van der Waals surface area contributed by atoms with Crippen molar-refractivity contribution < 1.29 is 23.9 Å². The topological polar surface area (TPSA) is 84.9 Å². The fourth-order valence-electron chi connectivity index (χ4n) is 4.79. The molecule has 1 unspecified atom stereocenters. The van der Waals surface area contributed by atoms with E-state index < -0.39 is 23.2 Å². The van der Waals surface area contributed by atoms with E-state index in [-0.39, 0.29) is 18.2 Å². The van der Waals surface area contributed by atoms with Crippen LogP contribution in [-0.4, -0.2) is 46.4 Å². The number of aryl methyl sites for hydroxylation is 1. The van der Waals surface area contributed by atoms with Crippen LogP contribution in [0.1, 0.15) is 61.2 Å². The predicted octanol–water partition coefficient (Wildman–Crippen LogP) is 5.25. The Bertz CT molecular complexity index is 1330. The number of carbonyl (C=O) groups excluding carboxylic acids is 3. The van der Waals surface area contributed by atoms with Gasteiger partial charge in [0, 0.05) is 18.5 Å². The average Bonchev–Trinajstić information content (AvgIpc) is 3.22. The van der Waals surface area contributed by atoms with Crippen molar-refractivity contribution in [2.75, 3.05) is 6.54 Å². The van der Waals surface area contributed by atoms with E-state index in [0.29, 0.717) is 30.9 Å². The van der Waals surface area contributed by atoms with Gasteiger partial charge in [-0.15, -0.1) is 0 Å². The number of amides is 2. The molecule has 0 spiro atoms. The third kappa shape index (κ3) is 7.08. The Kier molecular flexibility index (Phi) is 8.62. The molecule has 3 aromatic carbocycles. The molecule has 3 aromatic rings. The Morgan fingerprint density at radius 2 is 1.60 bits per heavy atom. The van der Waals surface area contributed by atoms with Gasteiger partial charge in [-0.2, -0.15) is 0 Å². The van der Waals surface area contributed by atoms with Crippen molar-refractivity contribution in [2.45, 2.75) is 71.2 Å². The van der Waals surface area contributed by atoms with Crippen LogP contribution < -0.4 is 10.1 Å². The lowest BCUT2D eigenvalue weighted by atomic mass is 9.88. The van der Waals surface area contributed by atoms with Crippen molar-refractivity contribution in [2.24, 2.45) is 0 Å². The molecule has 210 valence electrons. The highest BCUT2D eigenvalue weighted by atomic mass is 16.6. The van der Waals surface area contributed by atoms with Crippen LogP contribution in [0.4, 0.5) is 0 Å². The molecule has 1 aliphatic rings. The Labute approximate surface area is 236 Å². The molecule has 0 bridgehead atoms. The summed E-state index contributed by atoms with van der Waals surface area (Å²) in [6, 6.07) is 23.9. The lowest BCUT2D eigenvalue weighted by Gasteiger charge is -2.32. The second kappa shape index (κ2) is 11.9. The molecule has 2 amide bonds. The summed E-state index contributed by atoms with van der Waals surface area (Å²) in [6.45, 7) is 9.78. The zero-order valence-electron chi connectivity index (χ0n) is 23.9. The van der Waals surface area contributed by atoms with E-state index in [1.165, 1.54) is 4.90 Å². The van der Waals surface area contributed by atoms with Crippen LogP contribution in [0.15, 0.2) is 78.9 Å². The van der Waals surface area contributed by atoms with Crippen LogP contribution in [0.5, 0.6) is 5.75 Å². The minimum atomic E-state index is -1.20. The molecule has 7 nitrogen and oxygen atoms in total. The molecule has 1 fully saturated rings. The maximum absolute atomic E-state index is 14.0. The fourth-order valence-corrected chi connectivity index (χ4v) is 4.79. The molecule has 2 atom stereocenters. The molecule has 1 aliphatic heterocycles. The molecule has 0 aliphatic carbocycles.